The second kappa shape index (κ2) is 7.58. The van der Waals surface area contributed by atoms with Crippen molar-refractivity contribution in [1.82, 2.24) is 0 Å². The van der Waals surface area contributed by atoms with Gasteiger partial charge in [0, 0.05) is 6.42 Å². The SMILES string of the molecule is Cc1ccc([C@H](C)CCC(=O)/C=C/c2ccccc2)cc1. The number of hydrogen-bond donors (Lipinski definition) is 0. The number of rotatable bonds is 6. The van der Waals surface area contributed by atoms with Crippen LogP contribution in [0.4, 0.5) is 0 Å². The van der Waals surface area contributed by atoms with Gasteiger partial charge in [-0.25, -0.2) is 0 Å². The summed E-state index contributed by atoms with van der Waals surface area (Å²) < 4.78 is 0. The molecule has 0 bridgehead atoms. The normalized spacial score (nSPS) is 12.5. The maximum Gasteiger partial charge on any atom is 0.155 e. The van der Waals surface area contributed by atoms with Crippen molar-refractivity contribution < 1.29 is 4.79 Å². The fourth-order valence-electron chi connectivity index (χ4n) is 2.26. The van der Waals surface area contributed by atoms with Gasteiger partial charge in [0.05, 0.1) is 0 Å². The van der Waals surface area contributed by atoms with Crippen LogP contribution in [0.25, 0.3) is 6.08 Å². The molecule has 2 rings (SSSR count). The molecule has 0 N–H and O–H groups in total. The molecule has 0 fully saturated rings. The Kier molecular flexibility index (Phi) is 5.51. The minimum Gasteiger partial charge on any atom is -0.295 e. The first-order valence-electron chi connectivity index (χ1n) is 7.47. The summed E-state index contributed by atoms with van der Waals surface area (Å²) in [4.78, 5) is 11.9. The molecular weight excluding hydrogens is 256 g/mol. The van der Waals surface area contributed by atoms with Crippen molar-refractivity contribution in [2.24, 2.45) is 0 Å². The summed E-state index contributed by atoms with van der Waals surface area (Å²) in [6.45, 7) is 4.27. The molecule has 2 aromatic rings. The Hall–Kier alpha value is -2.15. The predicted molar refractivity (Wildman–Crippen MR) is 89.3 cm³/mol. The van der Waals surface area contributed by atoms with Gasteiger partial charge in [0.25, 0.3) is 0 Å². The molecule has 0 aliphatic carbocycles. The maximum absolute atomic E-state index is 11.9. The smallest absolute Gasteiger partial charge is 0.155 e. The van der Waals surface area contributed by atoms with Crippen molar-refractivity contribution in [1.29, 1.82) is 0 Å². The molecule has 0 heterocycles. The minimum absolute atomic E-state index is 0.192. The van der Waals surface area contributed by atoms with Crippen molar-refractivity contribution in [3.05, 3.63) is 77.4 Å². The van der Waals surface area contributed by atoms with Gasteiger partial charge in [-0.05, 0) is 36.5 Å². The predicted octanol–water partition coefficient (Wildman–Crippen LogP) is 5.16. The van der Waals surface area contributed by atoms with Crippen LogP contribution in [0.15, 0.2) is 60.7 Å². The first-order valence-corrected chi connectivity index (χ1v) is 7.47. The van der Waals surface area contributed by atoms with Crippen molar-refractivity contribution in [2.75, 3.05) is 0 Å². The van der Waals surface area contributed by atoms with E-state index in [1.54, 1.807) is 6.08 Å². The fraction of sp³-hybridized carbons (Fsp3) is 0.250. The highest BCUT2D eigenvalue weighted by atomic mass is 16.1. The van der Waals surface area contributed by atoms with Crippen LogP contribution in [0.3, 0.4) is 0 Å². The average molecular weight is 278 g/mol. The lowest BCUT2D eigenvalue weighted by Gasteiger charge is -2.10. The molecule has 0 spiro atoms. The lowest BCUT2D eigenvalue weighted by Crippen LogP contribution is -1.99. The molecule has 108 valence electrons. The molecule has 1 nitrogen and oxygen atoms in total. The van der Waals surface area contributed by atoms with E-state index < -0.39 is 0 Å². The van der Waals surface area contributed by atoms with Crippen LogP contribution >= 0.6 is 0 Å². The van der Waals surface area contributed by atoms with E-state index in [1.807, 2.05) is 36.4 Å². The van der Waals surface area contributed by atoms with Gasteiger partial charge in [0.1, 0.15) is 0 Å². The van der Waals surface area contributed by atoms with Crippen molar-refractivity contribution in [3.63, 3.8) is 0 Å². The van der Waals surface area contributed by atoms with Crippen molar-refractivity contribution in [3.8, 4) is 0 Å². The highest BCUT2D eigenvalue weighted by Gasteiger charge is 2.07. The molecule has 0 amide bonds. The van der Waals surface area contributed by atoms with Gasteiger partial charge in [0.2, 0.25) is 0 Å². The highest BCUT2D eigenvalue weighted by Crippen LogP contribution is 2.21. The molecule has 2 aromatic carbocycles. The molecule has 0 aliphatic rings. The minimum atomic E-state index is 0.192. The van der Waals surface area contributed by atoms with Gasteiger partial charge in [-0.2, -0.15) is 0 Å². The van der Waals surface area contributed by atoms with E-state index in [-0.39, 0.29) is 5.78 Å². The number of aryl methyl sites for hydroxylation is 1. The fourth-order valence-corrected chi connectivity index (χ4v) is 2.26. The van der Waals surface area contributed by atoms with Crippen LogP contribution in [-0.2, 0) is 4.79 Å². The van der Waals surface area contributed by atoms with Gasteiger partial charge in [-0.15, -0.1) is 0 Å². The number of benzene rings is 2. The molecule has 0 saturated heterocycles. The molecule has 0 unspecified atom stereocenters. The van der Waals surface area contributed by atoms with Gasteiger partial charge >= 0.3 is 0 Å². The molecule has 1 heteroatoms. The van der Waals surface area contributed by atoms with Crippen LogP contribution in [0.2, 0.25) is 0 Å². The number of ketones is 1. The number of carbonyl (C=O) groups excluding carboxylic acids is 1. The summed E-state index contributed by atoms with van der Waals surface area (Å²) >= 11 is 0. The summed E-state index contributed by atoms with van der Waals surface area (Å²) in [6.07, 6.45) is 5.06. The summed E-state index contributed by atoms with van der Waals surface area (Å²) in [5.74, 6) is 0.609. The first kappa shape index (κ1) is 15.2. The zero-order valence-electron chi connectivity index (χ0n) is 12.8. The Bertz CT molecular complexity index is 593. The second-order valence-electron chi connectivity index (χ2n) is 5.56. The molecule has 0 aliphatic heterocycles. The molecule has 1 atom stereocenters. The van der Waals surface area contributed by atoms with E-state index in [0.29, 0.717) is 12.3 Å². The number of allylic oxidation sites excluding steroid dienone is 1. The van der Waals surface area contributed by atoms with Crippen LogP contribution in [0.5, 0.6) is 0 Å². The van der Waals surface area contributed by atoms with Crippen LogP contribution < -0.4 is 0 Å². The lowest BCUT2D eigenvalue weighted by molar-refractivity contribution is -0.114. The first-order chi connectivity index (χ1) is 10.1. The quantitative estimate of drug-likeness (QED) is 0.667. The molecule has 0 radical (unpaired) electrons. The Balaban J connectivity index is 1.83. The van der Waals surface area contributed by atoms with Gasteiger partial charge < -0.3 is 0 Å². The van der Waals surface area contributed by atoms with E-state index in [0.717, 1.165) is 12.0 Å². The van der Waals surface area contributed by atoms with E-state index in [4.69, 9.17) is 0 Å². The average Bonchev–Trinajstić information content (AvgIpc) is 2.52. The largest absolute Gasteiger partial charge is 0.295 e. The third kappa shape index (κ3) is 5.03. The molecule has 0 aromatic heterocycles. The Labute approximate surface area is 127 Å². The second-order valence-corrected chi connectivity index (χ2v) is 5.56. The standard InChI is InChI=1S/C20H22O/c1-16-8-12-19(13-9-16)17(2)10-14-20(21)15-11-18-6-4-3-5-7-18/h3-9,11-13,15,17H,10,14H2,1-2H3/b15-11+/t17-/m1/s1. The van der Waals surface area contributed by atoms with E-state index in [9.17, 15) is 4.79 Å². The van der Waals surface area contributed by atoms with E-state index in [1.165, 1.54) is 11.1 Å². The summed E-state index contributed by atoms with van der Waals surface area (Å²) in [5.41, 5.74) is 3.64. The lowest BCUT2D eigenvalue weighted by atomic mass is 9.94. The van der Waals surface area contributed by atoms with Gasteiger partial charge in [-0.3, -0.25) is 4.79 Å². The third-order valence-corrected chi connectivity index (χ3v) is 3.73. The number of carbonyl (C=O) groups is 1. The maximum atomic E-state index is 11.9. The highest BCUT2D eigenvalue weighted by molar-refractivity contribution is 5.93. The van der Waals surface area contributed by atoms with Crippen LogP contribution in [-0.4, -0.2) is 5.78 Å². The summed E-state index contributed by atoms with van der Waals surface area (Å²) in [5, 5.41) is 0. The third-order valence-electron chi connectivity index (χ3n) is 3.73. The van der Waals surface area contributed by atoms with E-state index >= 15 is 0 Å². The van der Waals surface area contributed by atoms with Crippen molar-refractivity contribution >= 4 is 11.9 Å². The van der Waals surface area contributed by atoms with Gasteiger partial charge in [-0.1, -0.05) is 73.2 Å². The van der Waals surface area contributed by atoms with Crippen molar-refractivity contribution in [2.45, 2.75) is 32.6 Å². The zero-order valence-corrected chi connectivity index (χ0v) is 12.8. The van der Waals surface area contributed by atoms with Crippen LogP contribution in [0.1, 0.15) is 42.4 Å². The topological polar surface area (TPSA) is 17.1 Å². The Morgan fingerprint density at radius 3 is 2.38 bits per heavy atom. The Morgan fingerprint density at radius 1 is 1.05 bits per heavy atom. The summed E-state index contributed by atoms with van der Waals surface area (Å²) in [6, 6.07) is 18.5. The summed E-state index contributed by atoms with van der Waals surface area (Å²) in [7, 11) is 0. The number of hydrogen-bond acceptors (Lipinski definition) is 1. The van der Waals surface area contributed by atoms with Crippen LogP contribution in [0, 0.1) is 6.92 Å². The van der Waals surface area contributed by atoms with E-state index in [2.05, 4.69) is 38.1 Å². The monoisotopic (exact) mass is 278 g/mol. The molecule has 21 heavy (non-hydrogen) atoms. The Morgan fingerprint density at radius 2 is 1.71 bits per heavy atom. The zero-order chi connectivity index (χ0) is 15.1. The molecular formula is C20H22O. The van der Waals surface area contributed by atoms with Gasteiger partial charge in [0.15, 0.2) is 5.78 Å². The molecule has 0 saturated carbocycles.